The van der Waals surface area contributed by atoms with Gasteiger partial charge in [-0.25, -0.2) is 4.79 Å². The number of nitrogens with zero attached hydrogens (tertiary/aromatic N) is 1. The van der Waals surface area contributed by atoms with Crippen molar-refractivity contribution in [2.24, 2.45) is 0 Å². The number of H-pyrrole nitrogens is 2. The van der Waals surface area contributed by atoms with Crippen molar-refractivity contribution in [1.82, 2.24) is 14.9 Å². The normalized spacial score (nSPS) is 16.0. The molecule has 0 radical (unpaired) electrons. The van der Waals surface area contributed by atoms with Gasteiger partial charge in [-0.05, 0) is 108 Å². The zero-order valence-corrected chi connectivity index (χ0v) is 30.6. The van der Waals surface area contributed by atoms with E-state index in [0.29, 0.717) is 34.6 Å². The number of rotatable bonds is 11. The third-order valence-corrected chi connectivity index (χ3v) is 11.0. The number of benzene rings is 2. The van der Waals surface area contributed by atoms with Crippen molar-refractivity contribution in [2.45, 2.75) is 107 Å². The first-order valence-corrected chi connectivity index (χ1v) is 17.4. The van der Waals surface area contributed by atoms with E-state index < -0.39 is 65.2 Å². The van der Waals surface area contributed by atoms with Crippen LogP contribution in [0.5, 0.6) is 0 Å². The number of carbonyl (C=O) groups is 3. The van der Waals surface area contributed by atoms with Crippen LogP contribution in [0.25, 0.3) is 21.8 Å². The number of hydrogen-bond acceptors (Lipinski definition) is 5. The van der Waals surface area contributed by atoms with E-state index >= 15 is 0 Å². The van der Waals surface area contributed by atoms with E-state index in [-0.39, 0.29) is 5.54 Å². The van der Waals surface area contributed by atoms with Crippen molar-refractivity contribution in [3.8, 4) is 0 Å². The highest BCUT2D eigenvalue weighted by atomic mass is 19.4. The minimum absolute atomic E-state index is 0.0216. The molecule has 2 aromatic heterocycles. The minimum Gasteiger partial charge on any atom is -0.481 e. The molecule has 10 nitrogen and oxygen atoms in total. The van der Waals surface area contributed by atoms with Crippen molar-refractivity contribution < 1.29 is 61.2 Å². The fourth-order valence-electron chi connectivity index (χ4n) is 7.87. The van der Waals surface area contributed by atoms with Gasteiger partial charge in [0.05, 0.1) is 29.4 Å². The first kappa shape index (κ1) is 42.2. The smallest absolute Gasteiger partial charge is 0.416 e. The Hall–Kier alpha value is -4.57. The molecule has 0 spiro atoms. The molecule has 296 valence electrons. The van der Waals surface area contributed by atoms with Crippen LogP contribution in [0.3, 0.4) is 0 Å². The monoisotopic (exact) mass is 769 g/mol. The van der Waals surface area contributed by atoms with Gasteiger partial charge in [0.25, 0.3) is 0 Å². The number of aryl methyl sites for hydroxylation is 2. The highest BCUT2D eigenvalue weighted by Crippen LogP contribution is 2.53. The zero-order valence-electron chi connectivity index (χ0n) is 30.6. The van der Waals surface area contributed by atoms with E-state index in [0.717, 1.165) is 66.8 Å². The molecule has 5 rings (SSSR count). The van der Waals surface area contributed by atoms with Gasteiger partial charge in [-0.1, -0.05) is 19.8 Å². The van der Waals surface area contributed by atoms with Crippen LogP contribution < -0.4 is 0 Å². The van der Waals surface area contributed by atoms with E-state index in [9.17, 15) is 40.7 Å². The van der Waals surface area contributed by atoms with E-state index in [1.165, 1.54) is 24.3 Å². The Kier molecular flexibility index (Phi) is 11.9. The molecule has 1 saturated carbocycles. The number of aromatic amines is 2. The van der Waals surface area contributed by atoms with Gasteiger partial charge in [0.15, 0.2) is 5.60 Å². The lowest BCUT2D eigenvalue weighted by Crippen LogP contribution is -2.51. The predicted molar refractivity (Wildman–Crippen MR) is 188 cm³/mol. The number of halogens is 6. The Morgan fingerprint density at radius 1 is 0.741 bits per heavy atom. The molecule has 1 fully saturated rings. The molecule has 16 heteroatoms. The van der Waals surface area contributed by atoms with Gasteiger partial charge in [-0.2, -0.15) is 26.3 Å². The van der Waals surface area contributed by atoms with Gasteiger partial charge in [0.1, 0.15) is 0 Å². The molecule has 1 aliphatic rings. The number of aromatic nitrogens is 2. The first-order valence-electron chi connectivity index (χ1n) is 17.4. The summed E-state index contributed by atoms with van der Waals surface area (Å²) in [7, 11) is 4.20. The first-order chi connectivity index (χ1) is 24.9. The molecule has 0 saturated heterocycles. The van der Waals surface area contributed by atoms with Crippen LogP contribution in [0.1, 0.15) is 98.4 Å². The van der Waals surface area contributed by atoms with E-state index in [2.05, 4.69) is 35.9 Å². The quantitative estimate of drug-likeness (QED) is 0.0828. The summed E-state index contributed by atoms with van der Waals surface area (Å²) in [5, 5.41) is 34.8. The van der Waals surface area contributed by atoms with Crippen LogP contribution in [0.4, 0.5) is 26.3 Å². The molecule has 0 unspecified atom stereocenters. The van der Waals surface area contributed by atoms with Crippen molar-refractivity contribution >= 4 is 39.7 Å². The molecule has 54 heavy (non-hydrogen) atoms. The standard InChI is InChI=1S/C32H37F6N3.C6H8O7/c1-6-7-12-29(41(4)5)13-15-30(16-14-29,27-19(2)23-17-21(31(33,34)35)8-10-25(23)39-27)28-20(3)24-18-22(32(36,37)38)9-11-26(24)40-28;7-3(8)1-6(13,5(11)12)2-4(9)10/h8-11,17-18,39-40H,6-7,12-16H2,1-5H3;13H,1-2H2,(H,7,8)(H,9,10)(H,11,12). The molecule has 2 heterocycles. The number of unbranched alkanes of at least 4 members (excludes halogenated alkanes) is 1. The molecule has 4 aromatic rings. The van der Waals surface area contributed by atoms with Gasteiger partial charge < -0.3 is 35.3 Å². The van der Waals surface area contributed by atoms with Crippen LogP contribution in [-0.4, -0.2) is 78.4 Å². The van der Waals surface area contributed by atoms with Crippen LogP contribution in [0.2, 0.25) is 0 Å². The van der Waals surface area contributed by atoms with Crippen molar-refractivity contribution in [3.63, 3.8) is 0 Å². The second kappa shape index (κ2) is 15.3. The molecule has 0 aliphatic heterocycles. The average Bonchev–Trinajstić information content (AvgIpc) is 3.58. The molecular formula is C38H45F6N3O7. The zero-order chi connectivity index (χ0) is 40.6. The number of hydrogen-bond donors (Lipinski definition) is 6. The number of nitrogens with one attached hydrogen (secondary N) is 2. The van der Waals surface area contributed by atoms with Crippen molar-refractivity contribution in [2.75, 3.05) is 14.1 Å². The van der Waals surface area contributed by atoms with Crippen molar-refractivity contribution in [3.05, 3.63) is 70.0 Å². The maximum atomic E-state index is 13.6. The Balaban J connectivity index is 0.000000428. The average molecular weight is 770 g/mol. The number of alkyl halides is 6. The lowest BCUT2D eigenvalue weighted by Gasteiger charge is -2.50. The largest absolute Gasteiger partial charge is 0.481 e. The Labute approximate surface area is 307 Å². The van der Waals surface area contributed by atoms with E-state index in [4.69, 9.17) is 20.4 Å². The highest BCUT2D eigenvalue weighted by molar-refractivity contribution is 5.89. The lowest BCUT2D eigenvalue weighted by molar-refractivity contribution is -0.170. The number of aliphatic carboxylic acids is 3. The summed E-state index contributed by atoms with van der Waals surface area (Å²) < 4.78 is 81.6. The SMILES string of the molecule is CCCCC1(N(C)C)CCC(c2[nH]c3ccc(C(F)(F)F)cc3c2C)(c2[nH]c3ccc(C(F)(F)F)cc3c2C)CC1.O=C(O)CC(O)(CC(=O)O)C(=O)O. The summed E-state index contributed by atoms with van der Waals surface area (Å²) in [4.78, 5) is 39.7. The predicted octanol–water partition coefficient (Wildman–Crippen LogP) is 8.41. The summed E-state index contributed by atoms with van der Waals surface area (Å²) in [5.74, 6) is -5.02. The maximum absolute atomic E-state index is 13.6. The topological polar surface area (TPSA) is 167 Å². The Morgan fingerprint density at radius 2 is 1.15 bits per heavy atom. The molecule has 2 aromatic carbocycles. The molecule has 0 amide bonds. The van der Waals surface area contributed by atoms with E-state index in [1.54, 1.807) is 0 Å². The number of fused-ring (bicyclic) bond motifs is 2. The summed E-state index contributed by atoms with van der Waals surface area (Å²) in [6, 6.07) is 7.52. The van der Waals surface area contributed by atoms with Gasteiger partial charge in [-0.3, -0.25) is 9.59 Å². The molecule has 0 atom stereocenters. The summed E-state index contributed by atoms with van der Waals surface area (Å²) >= 11 is 0. The van der Waals surface area contributed by atoms with Crippen molar-refractivity contribution in [1.29, 1.82) is 0 Å². The van der Waals surface area contributed by atoms with Gasteiger partial charge in [0, 0.05) is 38.7 Å². The van der Waals surface area contributed by atoms with Crippen LogP contribution in [-0.2, 0) is 32.2 Å². The Bertz CT molecular complexity index is 1900. The van der Waals surface area contributed by atoms with Gasteiger partial charge in [-0.15, -0.1) is 0 Å². The van der Waals surface area contributed by atoms with E-state index in [1.807, 2.05) is 13.8 Å². The summed E-state index contributed by atoms with van der Waals surface area (Å²) in [6.45, 7) is 5.87. The number of carboxylic acids is 3. The molecule has 0 bridgehead atoms. The van der Waals surface area contributed by atoms with Crippen LogP contribution in [0, 0.1) is 13.8 Å². The molecule has 6 N–H and O–H groups in total. The summed E-state index contributed by atoms with van der Waals surface area (Å²) in [6.07, 6.45) is -4.91. The second-order valence-electron chi connectivity index (χ2n) is 14.5. The van der Waals surface area contributed by atoms with Gasteiger partial charge >= 0.3 is 30.3 Å². The van der Waals surface area contributed by atoms with Crippen LogP contribution >= 0.6 is 0 Å². The van der Waals surface area contributed by atoms with Gasteiger partial charge in [0.2, 0.25) is 0 Å². The Morgan fingerprint density at radius 3 is 1.46 bits per heavy atom. The highest BCUT2D eigenvalue weighted by Gasteiger charge is 2.49. The lowest BCUT2D eigenvalue weighted by atomic mass is 9.61. The van der Waals surface area contributed by atoms with Crippen LogP contribution in [0.15, 0.2) is 36.4 Å². The maximum Gasteiger partial charge on any atom is 0.416 e. The second-order valence-corrected chi connectivity index (χ2v) is 14.5. The fourth-order valence-corrected chi connectivity index (χ4v) is 7.87. The minimum atomic E-state index is -4.46. The summed E-state index contributed by atoms with van der Waals surface area (Å²) in [5.41, 5.74) is -0.411. The number of aliphatic hydroxyl groups is 1. The number of carboxylic acid groups (broad SMARTS) is 3. The third kappa shape index (κ3) is 8.38. The third-order valence-electron chi connectivity index (χ3n) is 11.0. The fraction of sp³-hybridized carbons (Fsp3) is 0.500. The molecular weight excluding hydrogens is 724 g/mol. The molecule has 1 aliphatic carbocycles.